The number of rotatable bonds is 5. The second kappa shape index (κ2) is 8.42. The summed E-state index contributed by atoms with van der Waals surface area (Å²) in [5, 5.41) is 2.47. The Morgan fingerprint density at radius 2 is 1.88 bits per heavy atom. The molecule has 1 amide bonds. The normalized spacial score (nSPS) is 21.4. The van der Waals surface area contributed by atoms with Crippen molar-refractivity contribution in [3.8, 4) is 0 Å². The van der Waals surface area contributed by atoms with E-state index in [-0.39, 0.29) is 5.91 Å². The number of hydrogen-bond donors (Lipinski definition) is 0. The summed E-state index contributed by atoms with van der Waals surface area (Å²) in [4.78, 5) is 18.2. The summed E-state index contributed by atoms with van der Waals surface area (Å²) in [6, 6.07) is 14.8. The lowest BCUT2D eigenvalue weighted by molar-refractivity contribution is -0.130. The molecule has 0 bridgehead atoms. The van der Waals surface area contributed by atoms with E-state index in [0.717, 1.165) is 44.2 Å². The minimum atomic E-state index is 0.250. The maximum Gasteiger partial charge on any atom is 0.233 e. The monoisotopic (exact) mass is 370 g/mol. The number of benzene rings is 2. The summed E-state index contributed by atoms with van der Waals surface area (Å²) in [6.07, 6.45) is 2.78. The molecule has 1 unspecified atom stereocenters. The van der Waals surface area contributed by atoms with Gasteiger partial charge in [-0.2, -0.15) is 0 Å². The fourth-order valence-corrected chi connectivity index (χ4v) is 4.60. The van der Waals surface area contributed by atoms with Crippen molar-refractivity contribution >= 4 is 28.4 Å². The zero-order valence-corrected chi connectivity index (χ0v) is 15.9. The van der Waals surface area contributed by atoms with Crippen LogP contribution in [0.1, 0.15) is 12.8 Å². The Kier molecular flexibility index (Phi) is 5.78. The maximum atomic E-state index is 12.5. The van der Waals surface area contributed by atoms with Gasteiger partial charge in [-0.1, -0.05) is 30.3 Å². The SMILES string of the molecule is O=C(CSc1ccc2ccccc2c1)N1CCN(CC2CCCO2)CC1. The Labute approximate surface area is 159 Å². The van der Waals surface area contributed by atoms with Crippen molar-refractivity contribution in [2.24, 2.45) is 0 Å². The van der Waals surface area contributed by atoms with E-state index < -0.39 is 0 Å². The first kappa shape index (κ1) is 17.8. The summed E-state index contributed by atoms with van der Waals surface area (Å²) < 4.78 is 5.72. The fourth-order valence-electron chi connectivity index (χ4n) is 3.75. The average molecular weight is 371 g/mol. The lowest BCUT2D eigenvalue weighted by Crippen LogP contribution is -2.50. The number of hydrogen-bond acceptors (Lipinski definition) is 4. The third-order valence-corrected chi connectivity index (χ3v) is 6.27. The topological polar surface area (TPSA) is 32.8 Å². The van der Waals surface area contributed by atoms with Crippen LogP contribution in [-0.2, 0) is 9.53 Å². The largest absolute Gasteiger partial charge is 0.377 e. The van der Waals surface area contributed by atoms with Crippen LogP contribution < -0.4 is 0 Å². The number of carbonyl (C=O) groups excluding carboxylic acids is 1. The van der Waals surface area contributed by atoms with Crippen LogP contribution in [0.25, 0.3) is 10.8 Å². The summed E-state index contributed by atoms with van der Waals surface area (Å²) in [6.45, 7) is 5.54. The van der Waals surface area contributed by atoms with Crippen LogP contribution in [0.5, 0.6) is 0 Å². The van der Waals surface area contributed by atoms with Crippen LogP contribution in [0.2, 0.25) is 0 Å². The third kappa shape index (κ3) is 4.40. The molecule has 26 heavy (non-hydrogen) atoms. The van der Waals surface area contributed by atoms with E-state index in [1.54, 1.807) is 11.8 Å². The quantitative estimate of drug-likeness (QED) is 0.757. The molecule has 2 aliphatic rings. The van der Waals surface area contributed by atoms with Crippen molar-refractivity contribution in [1.29, 1.82) is 0 Å². The van der Waals surface area contributed by atoms with Gasteiger partial charge in [0.25, 0.3) is 0 Å². The van der Waals surface area contributed by atoms with Crippen LogP contribution in [0.3, 0.4) is 0 Å². The van der Waals surface area contributed by atoms with Gasteiger partial charge in [-0.25, -0.2) is 0 Å². The van der Waals surface area contributed by atoms with Crippen LogP contribution in [0.15, 0.2) is 47.4 Å². The van der Waals surface area contributed by atoms with Crippen molar-refractivity contribution in [3.63, 3.8) is 0 Å². The van der Waals surface area contributed by atoms with E-state index in [1.807, 2.05) is 4.90 Å². The van der Waals surface area contributed by atoms with Gasteiger partial charge in [0.2, 0.25) is 5.91 Å². The van der Waals surface area contributed by atoms with Crippen molar-refractivity contribution in [3.05, 3.63) is 42.5 Å². The molecule has 0 saturated carbocycles. The molecule has 2 aromatic rings. The molecular weight excluding hydrogens is 344 g/mol. The molecule has 0 radical (unpaired) electrons. The molecule has 2 aromatic carbocycles. The van der Waals surface area contributed by atoms with E-state index in [9.17, 15) is 4.79 Å². The lowest BCUT2D eigenvalue weighted by Gasteiger charge is -2.35. The first-order valence-electron chi connectivity index (χ1n) is 9.51. The van der Waals surface area contributed by atoms with Crippen LogP contribution >= 0.6 is 11.8 Å². The van der Waals surface area contributed by atoms with E-state index in [2.05, 4.69) is 47.4 Å². The molecule has 0 N–H and O–H groups in total. The van der Waals surface area contributed by atoms with Gasteiger partial charge in [-0.05, 0) is 35.7 Å². The second-order valence-corrected chi connectivity index (χ2v) is 8.16. The smallest absolute Gasteiger partial charge is 0.233 e. The molecule has 2 saturated heterocycles. The lowest BCUT2D eigenvalue weighted by atomic mass is 10.1. The Morgan fingerprint density at radius 1 is 1.08 bits per heavy atom. The summed E-state index contributed by atoms with van der Waals surface area (Å²) in [7, 11) is 0. The maximum absolute atomic E-state index is 12.5. The Bertz CT molecular complexity index is 753. The van der Waals surface area contributed by atoms with Crippen molar-refractivity contribution in [2.45, 2.75) is 23.8 Å². The molecule has 2 heterocycles. The molecule has 0 aromatic heterocycles. The molecule has 2 fully saturated rings. The van der Waals surface area contributed by atoms with Crippen LogP contribution in [0, 0.1) is 0 Å². The zero-order valence-electron chi connectivity index (χ0n) is 15.1. The average Bonchev–Trinajstić information content (AvgIpc) is 3.19. The van der Waals surface area contributed by atoms with Crippen molar-refractivity contribution in [1.82, 2.24) is 9.80 Å². The minimum Gasteiger partial charge on any atom is -0.377 e. The first-order valence-corrected chi connectivity index (χ1v) is 10.5. The van der Waals surface area contributed by atoms with Gasteiger partial charge in [-0.15, -0.1) is 11.8 Å². The van der Waals surface area contributed by atoms with Gasteiger partial charge >= 0.3 is 0 Å². The Hall–Kier alpha value is -1.56. The molecular formula is C21H26N2O2S. The van der Waals surface area contributed by atoms with E-state index in [0.29, 0.717) is 11.9 Å². The number of amides is 1. The predicted molar refractivity (Wildman–Crippen MR) is 107 cm³/mol. The number of carbonyl (C=O) groups is 1. The highest BCUT2D eigenvalue weighted by Gasteiger charge is 2.24. The van der Waals surface area contributed by atoms with Crippen LogP contribution in [-0.4, -0.2) is 66.9 Å². The number of ether oxygens (including phenoxy) is 1. The fraction of sp³-hybridized carbons (Fsp3) is 0.476. The molecule has 1 atom stereocenters. The van der Waals surface area contributed by atoms with Crippen molar-refractivity contribution in [2.75, 3.05) is 45.1 Å². The van der Waals surface area contributed by atoms with Gasteiger partial charge in [0.1, 0.15) is 0 Å². The van der Waals surface area contributed by atoms with Crippen LogP contribution in [0.4, 0.5) is 0 Å². The highest BCUT2D eigenvalue weighted by atomic mass is 32.2. The zero-order chi connectivity index (χ0) is 17.8. The molecule has 0 spiro atoms. The van der Waals surface area contributed by atoms with E-state index in [1.165, 1.54) is 23.6 Å². The standard InChI is InChI=1S/C21H26N2O2S/c24-21(16-26-20-8-7-17-4-1-2-5-18(17)14-20)23-11-9-22(10-12-23)15-19-6-3-13-25-19/h1-2,4-5,7-8,14,19H,3,6,9-13,15-16H2. The van der Waals surface area contributed by atoms with Crippen molar-refractivity contribution < 1.29 is 9.53 Å². The van der Waals surface area contributed by atoms with Gasteiger partial charge in [0.15, 0.2) is 0 Å². The molecule has 5 heteroatoms. The molecule has 0 aliphatic carbocycles. The van der Waals surface area contributed by atoms with E-state index >= 15 is 0 Å². The molecule has 138 valence electrons. The third-order valence-electron chi connectivity index (χ3n) is 5.29. The molecule has 4 nitrogen and oxygen atoms in total. The highest BCUT2D eigenvalue weighted by Crippen LogP contribution is 2.24. The first-order chi connectivity index (χ1) is 12.8. The summed E-state index contributed by atoms with van der Waals surface area (Å²) >= 11 is 1.64. The van der Waals surface area contributed by atoms with Gasteiger partial charge < -0.3 is 9.64 Å². The number of fused-ring (bicyclic) bond motifs is 1. The Morgan fingerprint density at radius 3 is 2.65 bits per heavy atom. The molecule has 2 aliphatic heterocycles. The summed E-state index contributed by atoms with van der Waals surface area (Å²) in [5.74, 6) is 0.768. The second-order valence-electron chi connectivity index (χ2n) is 7.11. The van der Waals surface area contributed by atoms with E-state index in [4.69, 9.17) is 4.74 Å². The molecule has 4 rings (SSSR count). The highest BCUT2D eigenvalue weighted by molar-refractivity contribution is 8.00. The minimum absolute atomic E-state index is 0.250. The number of thioether (sulfide) groups is 1. The number of piperazine rings is 1. The van der Waals surface area contributed by atoms with Gasteiger partial charge in [-0.3, -0.25) is 9.69 Å². The summed E-state index contributed by atoms with van der Waals surface area (Å²) in [5.41, 5.74) is 0. The Balaban J connectivity index is 1.24. The predicted octanol–water partition coefficient (Wildman–Crippen LogP) is 3.26. The van der Waals surface area contributed by atoms with Gasteiger partial charge in [0.05, 0.1) is 11.9 Å². The van der Waals surface area contributed by atoms with Gasteiger partial charge in [0, 0.05) is 44.2 Å². The number of nitrogens with zero attached hydrogens (tertiary/aromatic N) is 2.